The van der Waals surface area contributed by atoms with Crippen molar-refractivity contribution in [3.8, 4) is 5.75 Å². The maximum atomic E-state index is 11.2. The molecule has 1 spiro atoms. The molecular weight excluding hydrogens is 492 g/mol. The molecule has 1 unspecified atom stereocenters. The van der Waals surface area contributed by atoms with Gasteiger partial charge >= 0.3 is 0 Å². The van der Waals surface area contributed by atoms with Crippen LogP contribution in [0.15, 0.2) is 48.5 Å². The smallest absolute Gasteiger partial charge is 0.270 e. The van der Waals surface area contributed by atoms with Gasteiger partial charge in [0, 0.05) is 35.3 Å². The summed E-state index contributed by atoms with van der Waals surface area (Å²) < 4.78 is 6.77. The molecule has 0 saturated heterocycles. The Labute approximate surface area is 211 Å². The zero-order chi connectivity index (χ0) is 24.2. The summed E-state index contributed by atoms with van der Waals surface area (Å²) in [4.78, 5) is 13.3. The van der Waals surface area contributed by atoms with Gasteiger partial charge < -0.3 is 9.64 Å². The molecule has 1 atom stereocenters. The van der Waals surface area contributed by atoms with E-state index in [0.29, 0.717) is 5.75 Å². The molecule has 2 aromatic rings. The summed E-state index contributed by atoms with van der Waals surface area (Å²) in [5, 5.41) is 12.3. The van der Waals surface area contributed by atoms with Gasteiger partial charge in [0.15, 0.2) is 0 Å². The van der Waals surface area contributed by atoms with E-state index in [0.717, 1.165) is 23.9 Å². The number of nitro benzene ring substituents is 1. The Morgan fingerprint density at radius 3 is 2.35 bits per heavy atom. The van der Waals surface area contributed by atoms with Gasteiger partial charge in [-0.15, -0.1) is 0 Å². The first-order valence-corrected chi connectivity index (χ1v) is 13.6. The standard InChI is InChI=1S/C28H35BrN2O3/c1-27(2)24-13-9-10-14-25(24)30(20-12-8-6-4-3-5-7-11-19-29)28(27)18-17-22-21-23(31(32)33)15-16-26(22)34-28/h9-10,13-18,21H,3-8,11-12,19-20H2,1-2H3. The number of nitro groups is 1. The van der Waals surface area contributed by atoms with Gasteiger partial charge in [-0.05, 0) is 56.5 Å². The molecule has 0 amide bonds. The number of fused-ring (bicyclic) bond motifs is 2. The van der Waals surface area contributed by atoms with Gasteiger partial charge in [-0.2, -0.15) is 0 Å². The number of benzene rings is 2. The van der Waals surface area contributed by atoms with Crippen molar-refractivity contribution in [3.05, 3.63) is 69.8 Å². The summed E-state index contributed by atoms with van der Waals surface area (Å²) in [5.41, 5.74) is 2.39. The van der Waals surface area contributed by atoms with Crippen molar-refractivity contribution in [2.75, 3.05) is 16.8 Å². The average Bonchev–Trinajstić information content (AvgIpc) is 3.01. The highest BCUT2D eigenvalue weighted by molar-refractivity contribution is 9.09. The number of alkyl halides is 1. The molecule has 2 aliphatic heterocycles. The van der Waals surface area contributed by atoms with E-state index in [-0.39, 0.29) is 16.0 Å². The monoisotopic (exact) mass is 526 g/mol. The van der Waals surface area contributed by atoms with E-state index in [1.54, 1.807) is 12.1 Å². The van der Waals surface area contributed by atoms with E-state index in [9.17, 15) is 10.1 Å². The molecule has 2 heterocycles. The third-order valence-electron chi connectivity index (χ3n) is 7.39. The number of para-hydroxylation sites is 1. The first kappa shape index (κ1) is 24.8. The molecule has 0 radical (unpaired) electrons. The molecule has 182 valence electrons. The SMILES string of the molecule is CC1(C)c2ccccc2N(CCCCCCCCCCBr)C12C=Cc1cc([N+](=O)[O-])ccc1O2. The van der Waals surface area contributed by atoms with Crippen LogP contribution in [0.25, 0.3) is 6.08 Å². The Hall–Kier alpha value is -2.34. The van der Waals surface area contributed by atoms with E-state index in [1.165, 1.54) is 62.3 Å². The third-order valence-corrected chi connectivity index (χ3v) is 7.95. The second kappa shape index (κ2) is 10.5. The summed E-state index contributed by atoms with van der Waals surface area (Å²) in [6.45, 7) is 5.38. The summed E-state index contributed by atoms with van der Waals surface area (Å²) in [6.07, 6.45) is 14.3. The van der Waals surface area contributed by atoms with Crippen molar-refractivity contribution in [2.45, 2.75) is 76.4 Å². The maximum Gasteiger partial charge on any atom is 0.270 e. The minimum Gasteiger partial charge on any atom is -0.463 e. The number of nitrogens with zero attached hydrogens (tertiary/aromatic N) is 2. The Bertz CT molecular complexity index is 1050. The molecule has 2 aromatic carbocycles. The fourth-order valence-electron chi connectivity index (χ4n) is 5.42. The molecule has 4 rings (SSSR count). The largest absolute Gasteiger partial charge is 0.463 e. The summed E-state index contributed by atoms with van der Waals surface area (Å²) in [6, 6.07) is 13.4. The van der Waals surface area contributed by atoms with Crippen LogP contribution in [-0.2, 0) is 5.41 Å². The van der Waals surface area contributed by atoms with E-state index in [2.05, 4.69) is 65.0 Å². The second-order valence-corrected chi connectivity index (χ2v) is 10.7. The molecule has 5 nitrogen and oxygen atoms in total. The van der Waals surface area contributed by atoms with Gasteiger partial charge in [0.25, 0.3) is 5.69 Å². The van der Waals surface area contributed by atoms with E-state index < -0.39 is 5.72 Å². The van der Waals surface area contributed by atoms with Crippen molar-refractivity contribution in [3.63, 3.8) is 0 Å². The van der Waals surface area contributed by atoms with Gasteiger partial charge in [0.1, 0.15) is 5.75 Å². The highest BCUT2D eigenvalue weighted by Gasteiger charge is 2.58. The Morgan fingerprint density at radius 2 is 1.65 bits per heavy atom. The molecule has 0 saturated carbocycles. The first-order chi connectivity index (χ1) is 16.4. The van der Waals surface area contributed by atoms with Gasteiger partial charge in [-0.3, -0.25) is 10.1 Å². The minimum absolute atomic E-state index is 0.0842. The van der Waals surface area contributed by atoms with Gasteiger partial charge in [0.2, 0.25) is 5.72 Å². The van der Waals surface area contributed by atoms with Crippen LogP contribution in [0, 0.1) is 10.1 Å². The molecule has 0 aliphatic carbocycles. The van der Waals surface area contributed by atoms with Crippen molar-refractivity contribution < 1.29 is 9.66 Å². The highest BCUT2D eigenvalue weighted by Crippen LogP contribution is 2.55. The van der Waals surface area contributed by atoms with Crippen molar-refractivity contribution in [2.24, 2.45) is 0 Å². The van der Waals surface area contributed by atoms with Crippen LogP contribution in [0.5, 0.6) is 5.75 Å². The topological polar surface area (TPSA) is 55.6 Å². The number of halogens is 1. The van der Waals surface area contributed by atoms with Crippen LogP contribution < -0.4 is 9.64 Å². The average molecular weight is 528 g/mol. The van der Waals surface area contributed by atoms with Crippen LogP contribution in [0.4, 0.5) is 11.4 Å². The van der Waals surface area contributed by atoms with Crippen molar-refractivity contribution in [1.29, 1.82) is 0 Å². The van der Waals surface area contributed by atoms with Crippen LogP contribution in [0.2, 0.25) is 0 Å². The molecule has 34 heavy (non-hydrogen) atoms. The minimum atomic E-state index is -0.657. The zero-order valence-corrected chi connectivity index (χ0v) is 21.9. The molecule has 6 heteroatoms. The molecular formula is C28H35BrN2O3. The van der Waals surface area contributed by atoms with Gasteiger partial charge in [-0.25, -0.2) is 0 Å². The van der Waals surface area contributed by atoms with Crippen LogP contribution in [0.1, 0.15) is 76.3 Å². The predicted molar refractivity (Wildman–Crippen MR) is 143 cm³/mol. The summed E-state index contributed by atoms with van der Waals surface area (Å²) in [7, 11) is 0. The van der Waals surface area contributed by atoms with E-state index >= 15 is 0 Å². The number of unbranched alkanes of at least 4 members (excludes halogenated alkanes) is 7. The Kier molecular flexibility index (Phi) is 7.66. The quantitative estimate of drug-likeness (QED) is 0.129. The van der Waals surface area contributed by atoms with E-state index in [1.807, 2.05) is 6.08 Å². The molecule has 0 fully saturated rings. The van der Waals surface area contributed by atoms with Gasteiger partial charge in [-0.1, -0.05) is 72.7 Å². The lowest BCUT2D eigenvalue weighted by atomic mass is 9.76. The predicted octanol–water partition coefficient (Wildman–Crippen LogP) is 8.01. The number of hydrogen-bond acceptors (Lipinski definition) is 4. The number of rotatable bonds is 11. The van der Waals surface area contributed by atoms with Gasteiger partial charge in [0.05, 0.1) is 10.3 Å². The Morgan fingerprint density at radius 1 is 0.971 bits per heavy atom. The summed E-state index contributed by atoms with van der Waals surface area (Å²) in [5.74, 6) is 0.697. The molecule has 0 N–H and O–H groups in total. The van der Waals surface area contributed by atoms with Crippen molar-refractivity contribution >= 4 is 33.4 Å². The maximum absolute atomic E-state index is 11.2. The van der Waals surface area contributed by atoms with Crippen molar-refractivity contribution in [1.82, 2.24) is 0 Å². The number of hydrogen-bond donors (Lipinski definition) is 0. The Balaban J connectivity index is 1.50. The van der Waals surface area contributed by atoms with E-state index in [4.69, 9.17) is 4.74 Å². The second-order valence-electron chi connectivity index (χ2n) is 9.92. The zero-order valence-electron chi connectivity index (χ0n) is 20.3. The normalized spacial score (nSPS) is 19.7. The lowest BCUT2D eigenvalue weighted by molar-refractivity contribution is -0.384. The number of ether oxygens (including phenoxy) is 1. The van der Waals surface area contributed by atoms with Crippen LogP contribution in [-0.4, -0.2) is 22.5 Å². The highest BCUT2D eigenvalue weighted by atomic mass is 79.9. The third kappa shape index (κ3) is 4.61. The lowest BCUT2D eigenvalue weighted by Gasteiger charge is -2.47. The lowest BCUT2D eigenvalue weighted by Crippen LogP contribution is -2.59. The molecule has 0 bridgehead atoms. The summed E-state index contributed by atoms with van der Waals surface area (Å²) >= 11 is 3.51. The molecule has 2 aliphatic rings. The number of anilines is 1. The fraction of sp³-hybridized carbons (Fsp3) is 0.500. The molecule has 0 aromatic heterocycles. The van der Waals surface area contributed by atoms with Crippen LogP contribution >= 0.6 is 15.9 Å². The first-order valence-electron chi connectivity index (χ1n) is 12.5. The number of non-ortho nitro benzene ring substituents is 1. The fourth-order valence-corrected chi connectivity index (χ4v) is 5.81. The van der Waals surface area contributed by atoms with Crippen LogP contribution in [0.3, 0.4) is 0 Å².